The van der Waals surface area contributed by atoms with Crippen LogP contribution in [0, 0.1) is 0 Å². The largest absolute Gasteiger partial charge is 0.493 e. The molecule has 4 heteroatoms. The molecule has 1 unspecified atom stereocenters. The van der Waals surface area contributed by atoms with Gasteiger partial charge in [-0.05, 0) is 23.6 Å². The van der Waals surface area contributed by atoms with Crippen LogP contribution in [-0.4, -0.2) is 34.9 Å². The summed E-state index contributed by atoms with van der Waals surface area (Å²) >= 11 is 3.75. The summed E-state index contributed by atoms with van der Waals surface area (Å²) in [5.41, 5.74) is 2.57. The Morgan fingerprint density at radius 1 is 1.37 bits per heavy atom. The van der Waals surface area contributed by atoms with Crippen LogP contribution < -0.4 is 4.74 Å². The molecule has 2 aliphatic heterocycles. The average molecular weight is 294 g/mol. The van der Waals surface area contributed by atoms with E-state index in [4.69, 9.17) is 4.74 Å². The van der Waals surface area contributed by atoms with Crippen molar-refractivity contribution in [3.63, 3.8) is 0 Å². The van der Waals surface area contributed by atoms with Crippen LogP contribution >= 0.6 is 23.5 Å². The van der Waals surface area contributed by atoms with Crippen LogP contribution in [0.25, 0.3) is 0 Å². The molecule has 0 saturated carbocycles. The highest BCUT2D eigenvalue weighted by Gasteiger charge is 2.21. The molecular formula is C15H18O2S2. The van der Waals surface area contributed by atoms with Crippen LogP contribution in [0.5, 0.6) is 5.75 Å². The van der Waals surface area contributed by atoms with E-state index >= 15 is 0 Å². The predicted molar refractivity (Wildman–Crippen MR) is 82.5 cm³/mol. The number of ether oxygens (including phenoxy) is 1. The van der Waals surface area contributed by atoms with E-state index in [1.54, 1.807) is 0 Å². The molecule has 1 aromatic carbocycles. The summed E-state index contributed by atoms with van der Waals surface area (Å²) in [5.74, 6) is 4.76. The summed E-state index contributed by atoms with van der Waals surface area (Å²) in [4.78, 5) is 12.1. The summed E-state index contributed by atoms with van der Waals surface area (Å²) in [6.07, 6.45) is 2.55. The van der Waals surface area contributed by atoms with E-state index in [1.807, 2.05) is 29.6 Å². The lowest BCUT2D eigenvalue weighted by Crippen LogP contribution is -2.24. The molecule has 1 atom stereocenters. The van der Waals surface area contributed by atoms with Crippen LogP contribution in [-0.2, 0) is 17.6 Å². The van der Waals surface area contributed by atoms with E-state index < -0.39 is 0 Å². The third kappa shape index (κ3) is 3.29. The van der Waals surface area contributed by atoms with Crippen molar-refractivity contribution in [3.05, 3.63) is 29.3 Å². The SMILES string of the molecule is O=C(CCc1ccc2c(c1)CCO2)C1CSCCS1. The number of ketones is 1. The van der Waals surface area contributed by atoms with E-state index in [0.29, 0.717) is 12.2 Å². The summed E-state index contributed by atoms with van der Waals surface area (Å²) < 4.78 is 5.50. The molecule has 2 aliphatic rings. The fraction of sp³-hybridized carbons (Fsp3) is 0.533. The van der Waals surface area contributed by atoms with Gasteiger partial charge in [0.05, 0.1) is 11.9 Å². The normalized spacial score (nSPS) is 21.8. The molecule has 1 saturated heterocycles. The molecule has 3 rings (SSSR count). The van der Waals surface area contributed by atoms with Crippen molar-refractivity contribution in [1.82, 2.24) is 0 Å². The summed E-state index contributed by atoms with van der Waals surface area (Å²) in [6.45, 7) is 0.799. The maximum Gasteiger partial charge on any atom is 0.146 e. The van der Waals surface area contributed by atoms with Gasteiger partial charge in [0.2, 0.25) is 0 Å². The zero-order chi connectivity index (χ0) is 13.1. The van der Waals surface area contributed by atoms with Crippen molar-refractivity contribution < 1.29 is 9.53 Å². The van der Waals surface area contributed by atoms with E-state index in [0.717, 1.165) is 36.7 Å². The fourth-order valence-electron chi connectivity index (χ4n) is 2.50. The van der Waals surface area contributed by atoms with E-state index in [-0.39, 0.29) is 5.25 Å². The van der Waals surface area contributed by atoms with Crippen LogP contribution in [0.4, 0.5) is 0 Å². The molecule has 1 aromatic rings. The molecule has 2 heterocycles. The first-order valence-electron chi connectivity index (χ1n) is 6.79. The minimum atomic E-state index is 0.233. The smallest absolute Gasteiger partial charge is 0.146 e. The van der Waals surface area contributed by atoms with Gasteiger partial charge in [-0.3, -0.25) is 4.79 Å². The van der Waals surface area contributed by atoms with Gasteiger partial charge in [-0.2, -0.15) is 11.8 Å². The molecule has 19 heavy (non-hydrogen) atoms. The Hall–Kier alpha value is -0.610. The van der Waals surface area contributed by atoms with Crippen molar-refractivity contribution >= 4 is 29.3 Å². The Morgan fingerprint density at radius 2 is 2.32 bits per heavy atom. The van der Waals surface area contributed by atoms with Crippen LogP contribution in [0.15, 0.2) is 18.2 Å². The number of hydrogen-bond acceptors (Lipinski definition) is 4. The second kappa shape index (κ2) is 6.23. The molecule has 0 aliphatic carbocycles. The topological polar surface area (TPSA) is 26.3 Å². The van der Waals surface area contributed by atoms with Crippen molar-refractivity contribution in [2.45, 2.75) is 24.5 Å². The van der Waals surface area contributed by atoms with Gasteiger partial charge in [0.15, 0.2) is 0 Å². The molecule has 0 bridgehead atoms. The van der Waals surface area contributed by atoms with Gasteiger partial charge < -0.3 is 4.74 Å². The molecular weight excluding hydrogens is 276 g/mol. The van der Waals surface area contributed by atoms with E-state index in [9.17, 15) is 4.79 Å². The minimum absolute atomic E-state index is 0.233. The monoisotopic (exact) mass is 294 g/mol. The zero-order valence-corrected chi connectivity index (χ0v) is 12.5. The highest BCUT2D eigenvalue weighted by atomic mass is 32.2. The first kappa shape index (κ1) is 13.4. The number of benzene rings is 1. The molecule has 0 aromatic heterocycles. The Kier molecular flexibility index (Phi) is 4.38. The lowest BCUT2D eigenvalue weighted by molar-refractivity contribution is -0.118. The molecule has 102 valence electrons. The first-order chi connectivity index (χ1) is 9.33. The predicted octanol–water partition coefficient (Wildman–Crippen LogP) is 2.97. The maximum absolute atomic E-state index is 12.1. The number of Topliss-reactive ketones (excluding diaryl/α,β-unsaturated/α-hetero) is 1. The lowest BCUT2D eigenvalue weighted by Gasteiger charge is -2.19. The maximum atomic E-state index is 12.1. The second-order valence-electron chi connectivity index (χ2n) is 4.94. The molecule has 1 fully saturated rings. The van der Waals surface area contributed by atoms with E-state index in [1.165, 1.54) is 16.9 Å². The number of hydrogen-bond donors (Lipinski definition) is 0. The standard InChI is InChI=1S/C15H18O2S2/c16-13(15-10-18-7-8-19-15)3-1-11-2-4-14-12(9-11)5-6-17-14/h2,4,9,15H,1,3,5-8,10H2. The Balaban J connectivity index is 1.55. The number of thioether (sulfide) groups is 2. The molecule has 0 spiro atoms. The number of carbonyl (C=O) groups is 1. The quantitative estimate of drug-likeness (QED) is 0.853. The molecule has 0 amide bonds. The lowest BCUT2D eigenvalue weighted by atomic mass is 10.0. The zero-order valence-electron chi connectivity index (χ0n) is 10.9. The van der Waals surface area contributed by atoms with Crippen LogP contribution in [0.2, 0.25) is 0 Å². The number of carbonyl (C=O) groups excluding carboxylic acids is 1. The van der Waals surface area contributed by atoms with Crippen LogP contribution in [0.1, 0.15) is 17.5 Å². The van der Waals surface area contributed by atoms with Crippen molar-refractivity contribution in [2.75, 3.05) is 23.9 Å². The summed E-state index contributed by atoms with van der Waals surface area (Å²) in [5, 5.41) is 0.233. The van der Waals surface area contributed by atoms with Crippen LogP contribution in [0.3, 0.4) is 0 Å². The van der Waals surface area contributed by atoms with Crippen molar-refractivity contribution in [1.29, 1.82) is 0 Å². The Labute approximate surface area is 122 Å². The first-order valence-corrected chi connectivity index (χ1v) is 9.00. The molecule has 0 radical (unpaired) electrons. The van der Waals surface area contributed by atoms with E-state index in [2.05, 4.69) is 12.1 Å². The Morgan fingerprint density at radius 3 is 3.16 bits per heavy atom. The molecule has 0 N–H and O–H groups in total. The number of rotatable bonds is 4. The van der Waals surface area contributed by atoms with Gasteiger partial charge in [0.1, 0.15) is 11.5 Å². The third-order valence-electron chi connectivity index (χ3n) is 3.59. The Bertz CT molecular complexity index is 467. The fourth-order valence-corrected chi connectivity index (χ4v) is 5.18. The third-order valence-corrected chi connectivity index (χ3v) is 6.39. The van der Waals surface area contributed by atoms with Gasteiger partial charge in [0.25, 0.3) is 0 Å². The summed E-state index contributed by atoms with van der Waals surface area (Å²) in [7, 11) is 0. The highest BCUT2D eigenvalue weighted by Crippen LogP contribution is 2.28. The van der Waals surface area contributed by atoms with Gasteiger partial charge in [-0.1, -0.05) is 12.1 Å². The summed E-state index contributed by atoms with van der Waals surface area (Å²) in [6, 6.07) is 6.35. The van der Waals surface area contributed by atoms with Gasteiger partial charge in [-0.25, -0.2) is 0 Å². The highest BCUT2D eigenvalue weighted by molar-refractivity contribution is 8.07. The average Bonchev–Trinajstić information content (AvgIpc) is 2.93. The minimum Gasteiger partial charge on any atom is -0.493 e. The second-order valence-corrected chi connectivity index (χ2v) is 7.40. The van der Waals surface area contributed by atoms with Gasteiger partial charge in [0, 0.05) is 30.1 Å². The van der Waals surface area contributed by atoms with Crippen molar-refractivity contribution in [2.24, 2.45) is 0 Å². The molecule has 2 nitrogen and oxygen atoms in total. The van der Waals surface area contributed by atoms with Crippen molar-refractivity contribution in [3.8, 4) is 5.75 Å². The van der Waals surface area contributed by atoms with Gasteiger partial charge in [-0.15, -0.1) is 11.8 Å². The number of aryl methyl sites for hydroxylation is 1. The van der Waals surface area contributed by atoms with Gasteiger partial charge >= 0.3 is 0 Å². The number of fused-ring (bicyclic) bond motifs is 1.